The number of nitrogens with zero attached hydrogens (tertiary/aromatic N) is 3. The molecule has 0 aliphatic heterocycles. The second-order valence-electron chi connectivity index (χ2n) is 9.47. The zero-order valence-electron chi connectivity index (χ0n) is 19.2. The van der Waals surface area contributed by atoms with Crippen LogP contribution in [-0.4, -0.2) is 32.6 Å². The van der Waals surface area contributed by atoms with E-state index in [0.717, 1.165) is 43.0 Å². The summed E-state index contributed by atoms with van der Waals surface area (Å²) in [5.41, 5.74) is 3.33. The highest BCUT2D eigenvalue weighted by molar-refractivity contribution is 6.00. The summed E-state index contributed by atoms with van der Waals surface area (Å²) in [4.78, 5) is 17.7. The van der Waals surface area contributed by atoms with Crippen LogP contribution in [-0.2, 0) is 0 Å². The maximum Gasteiger partial charge on any atom is 0.255 e. The first kappa shape index (κ1) is 22.2. The lowest BCUT2D eigenvalue weighted by molar-refractivity contribution is 0.0918. The zero-order chi connectivity index (χ0) is 22.8. The van der Waals surface area contributed by atoms with Gasteiger partial charge in [-0.25, -0.2) is 8.91 Å². The van der Waals surface area contributed by atoms with Gasteiger partial charge in [-0.1, -0.05) is 13.8 Å². The van der Waals surface area contributed by atoms with Crippen LogP contribution in [0.5, 0.6) is 0 Å². The third-order valence-corrected chi connectivity index (χ3v) is 6.37. The van der Waals surface area contributed by atoms with Crippen LogP contribution in [0.3, 0.4) is 0 Å². The fourth-order valence-electron chi connectivity index (χ4n) is 4.57. The number of amides is 1. The van der Waals surface area contributed by atoms with Crippen molar-refractivity contribution in [1.82, 2.24) is 19.9 Å². The van der Waals surface area contributed by atoms with Gasteiger partial charge in [0.25, 0.3) is 5.91 Å². The fraction of sp³-hybridized carbons (Fsp3) is 0.480. The van der Waals surface area contributed by atoms with Crippen molar-refractivity contribution in [3.8, 4) is 11.4 Å². The third-order valence-electron chi connectivity index (χ3n) is 6.37. The monoisotopic (exact) mass is 437 g/mol. The van der Waals surface area contributed by atoms with Crippen LogP contribution < -0.4 is 10.6 Å². The van der Waals surface area contributed by atoms with Crippen molar-refractivity contribution in [2.75, 3.05) is 5.32 Å². The number of carbonyl (C=O) groups excluding carboxylic acids is 1. The van der Waals surface area contributed by atoms with Crippen LogP contribution in [0.2, 0.25) is 0 Å². The molecule has 170 valence electrons. The molecule has 3 aromatic heterocycles. The third kappa shape index (κ3) is 4.76. The quantitative estimate of drug-likeness (QED) is 0.549. The highest BCUT2D eigenvalue weighted by Crippen LogP contribution is 2.31. The summed E-state index contributed by atoms with van der Waals surface area (Å²) in [5, 5.41) is 10.8. The molecule has 1 aliphatic carbocycles. The van der Waals surface area contributed by atoms with E-state index in [-0.39, 0.29) is 23.8 Å². The maximum atomic E-state index is 13.5. The lowest BCUT2D eigenvalue weighted by atomic mass is 9.79. The van der Waals surface area contributed by atoms with E-state index in [1.54, 1.807) is 16.8 Å². The van der Waals surface area contributed by atoms with Gasteiger partial charge in [-0.15, -0.1) is 0 Å². The predicted octanol–water partition coefficient (Wildman–Crippen LogP) is 5.30. The Bertz CT molecular complexity index is 1100. The molecule has 1 fully saturated rings. The van der Waals surface area contributed by atoms with E-state index in [0.29, 0.717) is 22.7 Å². The Morgan fingerprint density at radius 2 is 1.84 bits per heavy atom. The van der Waals surface area contributed by atoms with Crippen molar-refractivity contribution in [3.63, 3.8) is 0 Å². The molecule has 0 atom stereocenters. The van der Waals surface area contributed by atoms with Gasteiger partial charge in [0, 0.05) is 24.3 Å². The maximum absolute atomic E-state index is 13.5. The van der Waals surface area contributed by atoms with E-state index in [4.69, 9.17) is 0 Å². The molecule has 0 bridgehead atoms. The van der Waals surface area contributed by atoms with Crippen molar-refractivity contribution in [2.45, 2.75) is 65.5 Å². The summed E-state index contributed by atoms with van der Waals surface area (Å²) >= 11 is 0. The van der Waals surface area contributed by atoms with E-state index in [1.165, 1.54) is 12.3 Å². The predicted molar refractivity (Wildman–Crippen MR) is 125 cm³/mol. The van der Waals surface area contributed by atoms with Gasteiger partial charge < -0.3 is 10.6 Å². The standard InChI is InChI=1S/C25H32FN5O/c1-15(2)17-5-7-19(8-6-17)30-25(32)21-14-27-23(12-22(21)29-16(3)4)24-10-9-20-11-18(26)13-28-31(20)24/h9-17,19H,5-8H2,1-4H3,(H,27,29)(H,30,32). The van der Waals surface area contributed by atoms with Crippen molar-refractivity contribution in [2.24, 2.45) is 11.8 Å². The van der Waals surface area contributed by atoms with Crippen molar-refractivity contribution in [1.29, 1.82) is 0 Å². The Hall–Kier alpha value is -2.96. The molecule has 32 heavy (non-hydrogen) atoms. The number of hydrogen-bond donors (Lipinski definition) is 2. The summed E-state index contributed by atoms with van der Waals surface area (Å²) < 4.78 is 15.2. The number of carbonyl (C=O) groups is 1. The molecule has 0 radical (unpaired) electrons. The van der Waals surface area contributed by atoms with Crippen molar-refractivity contribution in [3.05, 3.63) is 48.0 Å². The molecular formula is C25H32FN5O. The molecule has 0 aromatic carbocycles. The molecule has 6 nitrogen and oxygen atoms in total. The Morgan fingerprint density at radius 3 is 2.53 bits per heavy atom. The number of aromatic nitrogens is 3. The molecule has 0 saturated heterocycles. The number of anilines is 1. The number of rotatable bonds is 6. The van der Waals surface area contributed by atoms with Crippen LogP contribution >= 0.6 is 0 Å². The van der Waals surface area contributed by atoms with Gasteiger partial charge in [0.15, 0.2) is 0 Å². The van der Waals surface area contributed by atoms with Gasteiger partial charge in [-0.05, 0) is 69.6 Å². The molecule has 0 spiro atoms. The Kier molecular flexibility index (Phi) is 6.44. The van der Waals surface area contributed by atoms with Gasteiger partial charge in [-0.3, -0.25) is 9.78 Å². The molecule has 4 rings (SSSR count). The molecule has 3 aromatic rings. The average Bonchev–Trinajstić information content (AvgIpc) is 3.16. The van der Waals surface area contributed by atoms with E-state index in [1.807, 2.05) is 26.0 Å². The molecule has 1 saturated carbocycles. The van der Waals surface area contributed by atoms with Gasteiger partial charge in [0.1, 0.15) is 5.82 Å². The minimum absolute atomic E-state index is 0.0968. The first-order valence-electron chi connectivity index (χ1n) is 11.5. The molecular weight excluding hydrogens is 405 g/mol. The molecule has 1 aliphatic rings. The summed E-state index contributed by atoms with van der Waals surface area (Å²) in [7, 11) is 0. The van der Waals surface area contributed by atoms with Crippen LogP contribution in [0.1, 0.15) is 63.7 Å². The number of hydrogen-bond acceptors (Lipinski definition) is 4. The van der Waals surface area contributed by atoms with Crippen molar-refractivity contribution < 1.29 is 9.18 Å². The minimum Gasteiger partial charge on any atom is -0.382 e. The smallest absolute Gasteiger partial charge is 0.255 e. The molecule has 0 unspecified atom stereocenters. The summed E-state index contributed by atoms with van der Waals surface area (Å²) in [6, 6.07) is 7.32. The van der Waals surface area contributed by atoms with Crippen LogP contribution in [0.4, 0.5) is 10.1 Å². The number of halogens is 1. The Labute approximate surface area is 188 Å². The Balaban J connectivity index is 1.58. The van der Waals surface area contributed by atoms with E-state index in [2.05, 4.69) is 34.6 Å². The highest BCUT2D eigenvalue weighted by atomic mass is 19.1. The van der Waals surface area contributed by atoms with Crippen LogP contribution in [0, 0.1) is 17.7 Å². The van der Waals surface area contributed by atoms with Crippen LogP contribution in [0.15, 0.2) is 36.7 Å². The van der Waals surface area contributed by atoms with Gasteiger partial charge in [0.05, 0.1) is 34.4 Å². The molecule has 1 amide bonds. The topological polar surface area (TPSA) is 71.3 Å². The lowest BCUT2D eigenvalue weighted by Gasteiger charge is -2.31. The van der Waals surface area contributed by atoms with Gasteiger partial charge in [-0.2, -0.15) is 5.10 Å². The van der Waals surface area contributed by atoms with Crippen molar-refractivity contribution >= 4 is 17.1 Å². The SMILES string of the molecule is CC(C)Nc1cc(-c2ccc3cc(F)cnn23)ncc1C(=O)NC1CCC(C(C)C)CC1. The summed E-state index contributed by atoms with van der Waals surface area (Å²) in [6.45, 7) is 8.62. The molecule has 3 heterocycles. The van der Waals surface area contributed by atoms with Gasteiger partial charge in [0.2, 0.25) is 0 Å². The van der Waals surface area contributed by atoms with E-state index < -0.39 is 0 Å². The Morgan fingerprint density at radius 1 is 1.09 bits per heavy atom. The number of nitrogens with one attached hydrogen (secondary N) is 2. The first-order valence-corrected chi connectivity index (χ1v) is 11.5. The van der Waals surface area contributed by atoms with E-state index in [9.17, 15) is 9.18 Å². The number of pyridine rings is 1. The molecule has 7 heteroatoms. The fourth-order valence-corrected chi connectivity index (χ4v) is 4.57. The normalized spacial score (nSPS) is 19.0. The zero-order valence-corrected chi connectivity index (χ0v) is 19.2. The average molecular weight is 438 g/mol. The molecule has 2 N–H and O–H groups in total. The largest absolute Gasteiger partial charge is 0.382 e. The minimum atomic E-state index is -0.383. The second-order valence-corrected chi connectivity index (χ2v) is 9.47. The highest BCUT2D eigenvalue weighted by Gasteiger charge is 2.25. The number of fused-ring (bicyclic) bond motifs is 1. The summed E-state index contributed by atoms with van der Waals surface area (Å²) in [6.07, 6.45) is 7.16. The first-order chi connectivity index (χ1) is 15.3. The van der Waals surface area contributed by atoms with Crippen LogP contribution in [0.25, 0.3) is 16.9 Å². The lowest BCUT2D eigenvalue weighted by Crippen LogP contribution is -2.38. The van der Waals surface area contributed by atoms with Gasteiger partial charge >= 0.3 is 0 Å². The summed E-state index contributed by atoms with van der Waals surface area (Å²) in [5.74, 6) is 0.967. The van der Waals surface area contributed by atoms with E-state index >= 15 is 0 Å². The second kappa shape index (κ2) is 9.27.